The second kappa shape index (κ2) is 4.98. The molecule has 1 amide bonds. The number of carbonyl (C=O) groups excluding carboxylic acids is 1. The lowest BCUT2D eigenvalue weighted by atomic mass is 10.0. The first kappa shape index (κ1) is 11.8. The van der Waals surface area contributed by atoms with Gasteiger partial charge in [-0.3, -0.25) is 4.79 Å². The first-order valence-electron chi connectivity index (χ1n) is 5.11. The molecule has 0 saturated heterocycles. The Balaban J connectivity index is 2.52. The van der Waals surface area contributed by atoms with Crippen molar-refractivity contribution in [3.63, 3.8) is 0 Å². The zero-order valence-electron chi connectivity index (χ0n) is 9.36. The number of hydrogen-bond acceptors (Lipinski definition) is 3. The van der Waals surface area contributed by atoms with E-state index in [0.717, 1.165) is 5.76 Å². The van der Waals surface area contributed by atoms with Crippen LogP contribution in [0.4, 0.5) is 0 Å². The zero-order valence-corrected chi connectivity index (χ0v) is 9.36. The van der Waals surface area contributed by atoms with Gasteiger partial charge in [-0.1, -0.05) is 13.8 Å². The number of furan rings is 1. The molecule has 1 heterocycles. The molecule has 0 fully saturated rings. The number of amides is 1. The zero-order chi connectivity index (χ0) is 11.4. The Morgan fingerprint density at radius 3 is 2.60 bits per heavy atom. The van der Waals surface area contributed by atoms with Crippen LogP contribution in [0.15, 0.2) is 22.8 Å². The summed E-state index contributed by atoms with van der Waals surface area (Å²) < 4.78 is 5.18. The Bertz CT molecular complexity index is 306. The quantitative estimate of drug-likeness (QED) is 0.790. The lowest BCUT2D eigenvalue weighted by Gasteiger charge is -2.18. The van der Waals surface area contributed by atoms with E-state index in [-0.39, 0.29) is 17.9 Å². The molecule has 4 nitrogen and oxygen atoms in total. The van der Waals surface area contributed by atoms with Crippen LogP contribution in [-0.4, -0.2) is 11.9 Å². The van der Waals surface area contributed by atoms with Gasteiger partial charge in [0, 0.05) is 0 Å². The first-order valence-corrected chi connectivity index (χ1v) is 5.11. The minimum absolute atomic E-state index is 0.133. The van der Waals surface area contributed by atoms with Crippen LogP contribution in [0.2, 0.25) is 0 Å². The molecule has 1 unspecified atom stereocenters. The predicted molar refractivity (Wildman–Crippen MR) is 58.1 cm³/mol. The molecule has 0 aromatic carbocycles. The van der Waals surface area contributed by atoms with Gasteiger partial charge in [0.2, 0.25) is 5.91 Å². The molecule has 84 valence electrons. The van der Waals surface area contributed by atoms with E-state index in [1.807, 2.05) is 26.8 Å². The van der Waals surface area contributed by atoms with E-state index in [2.05, 4.69) is 5.32 Å². The van der Waals surface area contributed by atoms with Gasteiger partial charge < -0.3 is 15.5 Å². The monoisotopic (exact) mass is 210 g/mol. The molecule has 0 radical (unpaired) electrons. The Kier molecular flexibility index (Phi) is 3.91. The fraction of sp³-hybridized carbons (Fsp3) is 0.545. The molecule has 15 heavy (non-hydrogen) atoms. The van der Waals surface area contributed by atoms with Crippen molar-refractivity contribution in [3.8, 4) is 0 Å². The van der Waals surface area contributed by atoms with Gasteiger partial charge in [-0.05, 0) is 25.0 Å². The average molecular weight is 210 g/mol. The van der Waals surface area contributed by atoms with E-state index in [4.69, 9.17) is 10.2 Å². The van der Waals surface area contributed by atoms with Gasteiger partial charge in [0.05, 0.1) is 18.3 Å². The number of hydrogen-bond donors (Lipinski definition) is 2. The van der Waals surface area contributed by atoms with E-state index >= 15 is 0 Å². The maximum absolute atomic E-state index is 11.6. The molecule has 0 bridgehead atoms. The summed E-state index contributed by atoms with van der Waals surface area (Å²) in [6, 6.07) is 3.01. The van der Waals surface area contributed by atoms with Gasteiger partial charge in [0.1, 0.15) is 5.76 Å². The van der Waals surface area contributed by atoms with Gasteiger partial charge in [-0.2, -0.15) is 0 Å². The lowest BCUT2D eigenvalue weighted by Crippen LogP contribution is -2.44. The molecule has 1 rings (SSSR count). The molecule has 1 aromatic rings. The van der Waals surface area contributed by atoms with Crippen LogP contribution in [0.5, 0.6) is 0 Å². The third kappa shape index (κ3) is 3.09. The highest BCUT2D eigenvalue weighted by Gasteiger charge is 2.20. The van der Waals surface area contributed by atoms with Crippen molar-refractivity contribution in [2.45, 2.75) is 32.9 Å². The molecule has 4 heteroatoms. The minimum atomic E-state index is -0.470. The van der Waals surface area contributed by atoms with Gasteiger partial charge >= 0.3 is 0 Å². The molecule has 0 aliphatic heterocycles. The van der Waals surface area contributed by atoms with E-state index in [1.165, 1.54) is 0 Å². The van der Waals surface area contributed by atoms with Gasteiger partial charge in [-0.25, -0.2) is 0 Å². The van der Waals surface area contributed by atoms with Crippen LogP contribution in [0.1, 0.15) is 32.6 Å². The van der Waals surface area contributed by atoms with E-state index in [0.29, 0.717) is 0 Å². The summed E-state index contributed by atoms with van der Waals surface area (Å²) in [5.41, 5.74) is 5.72. The van der Waals surface area contributed by atoms with E-state index < -0.39 is 6.04 Å². The molecule has 0 saturated carbocycles. The minimum Gasteiger partial charge on any atom is -0.467 e. The van der Waals surface area contributed by atoms with Crippen molar-refractivity contribution in [3.05, 3.63) is 24.2 Å². The second-order valence-electron chi connectivity index (χ2n) is 4.02. The molecule has 0 aliphatic rings. The molecule has 2 atom stereocenters. The van der Waals surface area contributed by atoms with Crippen molar-refractivity contribution in [2.75, 3.05) is 0 Å². The van der Waals surface area contributed by atoms with E-state index in [1.54, 1.807) is 12.3 Å². The Morgan fingerprint density at radius 1 is 1.47 bits per heavy atom. The summed E-state index contributed by atoms with van der Waals surface area (Å²) >= 11 is 0. The molecule has 1 aromatic heterocycles. The average Bonchev–Trinajstić information content (AvgIpc) is 2.68. The smallest absolute Gasteiger partial charge is 0.237 e. The number of rotatable bonds is 4. The van der Waals surface area contributed by atoms with Crippen LogP contribution in [0.3, 0.4) is 0 Å². The van der Waals surface area contributed by atoms with Crippen LogP contribution < -0.4 is 11.1 Å². The molecule has 0 spiro atoms. The lowest BCUT2D eigenvalue weighted by molar-refractivity contribution is -0.124. The van der Waals surface area contributed by atoms with Gasteiger partial charge in [-0.15, -0.1) is 0 Å². The molecule has 0 aliphatic carbocycles. The number of nitrogens with two attached hydrogens (primary N) is 1. The highest BCUT2D eigenvalue weighted by atomic mass is 16.3. The highest BCUT2D eigenvalue weighted by Crippen LogP contribution is 2.12. The molecular formula is C11H18N2O2. The van der Waals surface area contributed by atoms with Crippen molar-refractivity contribution in [2.24, 2.45) is 11.7 Å². The van der Waals surface area contributed by atoms with Crippen LogP contribution >= 0.6 is 0 Å². The molecular weight excluding hydrogens is 192 g/mol. The van der Waals surface area contributed by atoms with Gasteiger partial charge in [0.25, 0.3) is 0 Å². The largest absolute Gasteiger partial charge is 0.467 e. The fourth-order valence-electron chi connectivity index (χ4n) is 1.22. The summed E-state index contributed by atoms with van der Waals surface area (Å²) in [7, 11) is 0. The third-order valence-electron chi connectivity index (χ3n) is 2.35. The maximum Gasteiger partial charge on any atom is 0.237 e. The topological polar surface area (TPSA) is 68.3 Å². The Hall–Kier alpha value is -1.29. The number of nitrogens with one attached hydrogen (secondary N) is 1. The standard InChI is InChI=1S/C11H18N2O2/c1-7(2)10(12)11(14)13-8(3)9-5-4-6-15-9/h4-8,10H,12H2,1-3H3,(H,13,14)/t8?,10-/m0/s1. The second-order valence-corrected chi connectivity index (χ2v) is 4.02. The summed E-state index contributed by atoms with van der Waals surface area (Å²) in [6.45, 7) is 5.70. The van der Waals surface area contributed by atoms with Gasteiger partial charge in [0.15, 0.2) is 0 Å². The van der Waals surface area contributed by atoms with Crippen LogP contribution in [-0.2, 0) is 4.79 Å². The predicted octanol–water partition coefficient (Wildman–Crippen LogP) is 1.44. The number of carbonyl (C=O) groups is 1. The summed E-state index contributed by atoms with van der Waals surface area (Å²) in [6.07, 6.45) is 1.58. The molecule has 3 N–H and O–H groups in total. The third-order valence-corrected chi connectivity index (χ3v) is 2.35. The van der Waals surface area contributed by atoms with Crippen molar-refractivity contribution in [1.29, 1.82) is 0 Å². The highest BCUT2D eigenvalue weighted by molar-refractivity contribution is 5.82. The van der Waals surface area contributed by atoms with Crippen molar-refractivity contribution in [1.82, 2.24) is 5.32 Å². The van der Waals surface area contributed by atoms with Crippen LogP contribution in [0.25, 0.3) is 0 Å². The Labute approximate surface area is 89.8 Å². The summed E-state index contributed by atoms with van der Waals surface area (Å²) in [5, 5.41) is 2.81. The van der Waals surface area contributed by atoms with Crippen molar-refractivity contribution >= 4 is 5.91 Å². The fourth-order valence-corrected chi connectivity index (χ4v) is 1.22. The van der Waals surface area contributed by atoms with Crippen LogP contribution in [0, 0.1) is 5.92 Å². The first-order chi connectivity index (χ1) is 7.02. The normalized spacial score (nSPS) is 15.0. The maximum atomic E-state index is 11.6. The summed E-state index contributed by atoms with van der Waals surface area (Å²) in [4.78, 5) is 11.6. The SMILES string of the molecule is CC(NC(=O)[C@@H](N)C(C)C)c1ccco1. The Morgan fingerprint density at radius 2 is 2.13 bits per heavy atom. The van der Waals surface area contributed by atoms with Crippen molar-refractivity contribution < 1.29 is 9.21 Å². The van der Waals surface area contributed by atoms with E-state index in [9.17, 15) is 4.79 Å². The summed E-state index contributed by atoms with van der Waals surface area (Å²) in [5.74, 6) is 0.724.